The van der Waals surface area contributed by atoms with E-state index in [0.29, 0.717) is 25.5 Å². The zero-order chi connectivity index (χ0) is 40.8. The van der Waals surface area contributed by atoms with Crippen LogP contribution in [0.5, 0.6) is 0 Å². The summed E-state index contributed by atoms with van der Waals surface area (Å²) in [6.45, 7) is 8.25. The minimum atomic E-state index is -4.97. The third kappa shape index (κ3) is 8.46. The highest BCUT2D eigenvalue weighted by molar-refractivity contribution is 7.99. The lowest BCUT2D eigenvalue weighted by atomic mass is 9.94. The van der Waals surface area contributed by atoms with E-state index in [1.807, 2.05) is 36.4 Å². The molecule has 0 N–H and O–H groups in total. The second-order valence-corrected chi connectivity index (χ2v) is 16.5. The normalized spacial score (nSPS) is 18.8. The number of carbonyl (C=O) groups is 2. The van der Waals surface area contributed by atoms with Gasteiger partial charge < -0.3 is 24.2 Å². The first-order valence-electron chi connectivity index (χ1n) is 18.6. The zero-order valence-electron chi connectivity index (χ0n) is 31.9. The van der Waals surface area contributed by atoms with E-state index >= 15 is 17.6 Å². The van der Waals surface area contributed by atoms with Crippen LogP contribution in [-0.4, -0.2) is 81.7 Å². The Morgan fingerprint density at radius 2 is 1.72 bits per heavy atom. The van der Waals surface area contributed by atoms with E-state index in [0.717, 1.165) is 41.1 Å². The van der Waals surface area contributed by atoms with Gasteiger partial charge in [0.2, 0.25) is 0 Å². The van der Waals surface area contributed by atoms with Crippen molar-refractivity contribution in [3.05, 3.63) is 99.5 Å². The summed E-state index contributed by atoms with van der Waals surface area (Å²) in [6, 6.07) is 11.6. The Kier molecular flexibility index (Phi) is 11.0. The highest BCUT2D eigenvalue weighted by atomic mass is 32.2. The van der Waals surface area contributed by atoms with E-state index in [4.69, 9.17) is 9.47 Å². The van der Waals surface area contributed by atoms with Gasteiger partial charge in [0.25, 0.3) is 0 Å². The Morgan fingerprint density at radius 1 is 0.965 bits per heavy atom. The van der Waals surface area contributed by atoms with Gasteiger partial charge in [-0.15, -0.1) is 11.8 Å². The highest BCUT2D eigenvalue weighted by Crippen LogP contribution is 2.51. The molecule has 3 aliphatic rings. The van der Waals surface area contributed by atoms with Crippen LogP contribution in [0.2, 0.25) is 0 Å². The molecule has 4 aromatic rings. The lowest BCUT2D eigenvalue weighted by molar-refractivity contribution is -0.137. The van der Waals surface area contributed by atoms with Crippen LogP contribution in [-0.2, 0) is 22.3 Å². The van der Waals surface area contributed by atoms with Crippen molar-refractivity contribution in [1.82, 2.24) is 19.4 Å². The summed E-state index contributed by atoms with van der Waals surface area (Å²) in [5.74, 6) is -1.94. The molecule has 2 atom stereocenters. The second kappa shape index (κ2) is 15.7. The third-order valence-electron chi connectivity index (χ3n) is 10.3. The Labute approximate surface area is 330 Å². The van der Waals surface area contributed by atoms with Crippen LogP contribution in [0.3, 0.4) is 0 Å². The molecule has 0 unspecified atom stereocenters. The lowest BCUT2D eigenvalue weighted by Gasteiger charge is -2.41. The molecule has 57 heavy (non-hydrogen) atoms. The summed E-state index contributed by atoms with van der Waals surface area (Å²) in [5.41, 5.74) is -1.54. The maximum atomic E-state index is 15.5. The van der Waals surface area contributed by atoms with Crippen molar-refractivity contribution in [2.75, 3.05) is 43.4 Å². The second-order valence-electron chi connectivity index (χ2n) is 15.5. The average Bonchev–Trinajstić information content (AvgIpc) is 3.15. The van der Waals surface area contributed by atoms with Crippen LogP contribution >= 0.6 is 11.8 Å². The fourth-order valence-corrected chi connectivity index (χ4v) is 8.92. The van der Waals surface area contributed by atoms with Crippen LogP contribution in [0.15, 0.2) is 75.9 Å². The minimum Gasteiger partial charge on any atom is -0.445 e. The molecule has 3 aromatic carbocycles. The summed E-state index contributed by atoms with van der Waals surface area (Å²) in [7, 11) is 0. The minimum absolute atomic E-state index is 0.0169. The summed E-state index contributed by atoms with van der Waals surface area (Å²) in [4.78, 5) is 49.3. The molecule has 10 nitrogen and oxygen atoms in total. The van der Waals surface area contributed by atoms with E-state index in [-0.39, 0.29) is 60.2 Å². The van der Waals surface area contributed by atoms with Crippen LogP contribution in [0.4, 0.5) is 37.4 Å². The Balaban J connectivity index is 1.27. The van der Waals surface area contributed by atoms with E-state index in [1.54, 1.807) is 37.5 Å². The van der Waals surface area contributed by atoms with E-state index in [9.17, 15) is 18.8 Å². The molecule has 302 valence electrons. The monoisotopic (exact) mass is 811 g/mol. The third-order valence-corrected chi connectivity index (χ3v) is 11.5. The van der Waals surface area contributed by atoms with Crippen molar-refractivity contribution < 1.29 is 41.0 Å². The summed E-state index contributed by atoms with van der Waals surface area (Å²) in [6.07, 6.45) is -3.24. The van der Waals surface area contributed by atoms with Gasteiger partial charge in [-0.2, -0.15) is 18.2 Å². The van der Waals surface area contributed by atoms with Crippen LogP contribution in [0, 0.1) is 11.6 Å². The summed E-state index contributed by atoms with van der Waals surface area (Å²) < 4.78 is 87.3. The number of carbonyl (C=O) groups excluding carboxylic acids is 2. The van der Waals surface area contributed by atoms with Crippen molar-refractivity contribution in [1.29, 1.82) is 0 Å². The smallest absolute Gasteiger partial charge is 0.417 e. The molecule has 0 spiro atoms. The van der Waals surface area contributed by atoms with E-state index in [2.05, 4.69) is 4.98 Å². The predicted octanol–water partition coefficient (Wildman–Crippen LogP) is 8.81. The number of piperazine rings is 1. The topological polar surface area (TPSA) is 97.2 Å². The first kappa shape index (κ1) is 40.1. The molecule has 0 bridgehead atoms. The van der Waals surface area contributed by atoms with Gasteiger partial charge in [0.15, 0.2) is 0 Å². The van der Waals surface area contributed by atoms with Crippen LogP contribution in [0.25, 0.3) is 22.0 Å². The number of hydrogen-bond donors (Lipinski definition) is 0. The van der Waals surface area contributed by atoms with Crippen molar-refractivity contribution in [3.8, 4) is 11.1 Å². The molecule has 1 aromatic heterocycles. The molecule has 16 heteroatoms. The van der Waals surface area contributed by atoms with Crippen molar-refractivity contribution in [2.24, 2.45) is 0 Å². The largest absolute Gasteiger partial charge is 0.445 e. The Morgan fingerprint density at radius 3 is 2.37 bits per heavy atom. The van der Waals surface area contributed by atoms with Gasteiger partial charge in [0.1, 0.15) is 29.7 Å². The number of benzene rings is 3. The van der Waals surface area contributed by atoms with Gasteiger partial charge in [-0.25, -0.2) is 23.2 Å². The van der Waals surface area contributed by atoms with Gasteiger partial charge >= 0.3 is 24.1 Å². The van der Waals surface area contributed by atoms with E-state index in [1.165, 1.54) is 9.47 Å². The number of anilines is 1. The van der Waals surface area contributed by atoms with Crippen molar-refractivity contribution in [3.63, 3.8) is 0 Å². The molecule has 4 heterocycles. The quantitative estimate of drug-likeness (QED) is 0.141. The fourth-order valence-electron chi connectivity index (χ4n) is 7.58. The molecule has 1 saturated heterocycles. The number of aromatic nitrogens is 2. The molecule has 2 amide bonds. The van der Waals surface area contributed by atoms with E-state index < -0.39 is 70.1 Å². The number of halogens is 5. The molecule has 0 radical (unpaired) electrons. The number of ether oxygens (including phenoxy) is 2. The Hall–Kier alpha value is -5.12. The summed E-state index contributed by atoms with van der Waals surface area (Å²) >= 11 is 1.08. The summed E-state index contributed by atoms with van der Waals surface area (Å²) in [5, 5.41) is 0.0444. The standard InChI is InChI=1S/C41H42F5N5O5S/c1-24-21-49(39(54)56-40(2,3)4)16-17-50(24)36-30-20-31(41(44,45)46)33(29-11-10-27(42)19-32(29)43)35-34(30)51(37(52)47-36)28(23-57-35)18-25-12-14-48(15-13-25)38(53)55-22-26-8-6-5-7-9-26/h5-12,19-20,24,28H,13-18,21-23H2,1-4H3/t24-,28-/m0/s1. The maximum Gasteiger partial charge on any atom is 0.417 e. The molecular weight excluding hydrogens is 770 g/mol. The van der Waals surface area contributed by atoms with Crippen LogP contribution < -0.4 is 10.6 Å². The zero-order valence-corrected chi connectivity index (χ0v) is 32.7. The first-order valence-corrected chi connectivity index (χ1v) is 19.6. The number of thioether (sulfide) groups is 1. The number of amides is 2. The number of hydrogen-bond acceptors (Lipinski definition) is 8. The molecule has 0 saturated carbocycles. The number of alkyl halides is 3. The molecular formula is C41H42F5N5O5S. The number of rotatable bonds is 6. The van der Waals surface area contributed by atoms with Gasteiger partial charge in [0.05, 0.1) is 17.1 Å². The number of nitrogens with zero attached hydrogens (tertiary/aromatic N) is 5. The molecule has 7 rings (SSSR count). The van der Waals surface area contributed by atoms with Gasteiger partial charge in [-0.05, 0) is 64.3 Å². The van der Waals surface area contributed by atoms with Crippen molar-refractivity contribution >= 4 is 40.7 Å². The molecule has 1 fully saturated rings. The van der Waals surface area contributed by atoms with Gasteiger partial charge in [0, 0.05) is 72.0 Å². The average molecular weight is 812 g/mol. The highest BCUT2D eigenvalue weighted by Gasteiger charge is 2.41. The van der Waals surface area contributed by atoms with Gasteiger partial charge in [-0.1, -0.05) is 42.0 Å². The first-order chi connectivity index (χ1) is 27.0. The fraction of sp³-hybridized carbons (Fsp3) is 0.415. The SMILES string of the molecule is C[C@H]1CN(C(=O)OC(C)(C)C)CCN1c1nc(=O)n2c3c(c(-c4ccc(F)cc4F)c(C(F)(F)F)cc13)SC[C@@H]2CC1=CCN(C(=O)OCc2ccccc2)CC1. The maximum absolute atomic E-state index is 15.5. The van der Waals surface area contributed by atoms with Crippen molar-refractivity contribution in [2.45, 2.75) is 75.9 Å². The Bertz CT molecular complexity index is 2290. The molecule has 0 aliphatic carbocycles. The van der Waals surface area contributed by atoms with Crippen LogP contribution in [0.1, 0.15) is 57.7 Å². The molecule has 3 aliphatic heterocycles. The lowest BCUT2D eigenvalue weighted by Crippen LogP contribution is -2.55. The predicted molar refractivity (Wildman–Crippen MR) is 206 cm³/mol. The van der Waals surface area contributed by atoms with Gasteiger partial charge in [-0.3, -0.25) is 4.57 Å².